The number of benzene rings is 1. The van der Waals surface area contributed by atoms with E-state index in [0.717, 1.165) is 0 Å². The van der Waals surface area contributed by atoms with Crippen LogP contribution in [0.25, 0.3) is 6.08 Å². The Morgan fingerprint density at radius 1 is 1.50 bits per heavy atom. The van der Waals surface area contributed by atoms with Gasteiger partial charge < -0.3 is 10.6 Å². The Hall–Kier alpha value is -1.84. The van der Waals surface area contributed by atoms with Gasteiger partial charge in [-0.05, 0) is 12.1 Å². The number of carbonyl (C=O) groups excluding carboxylic acids is 1. The van der Waals surface area contributed by atoms with E-state index in [-0.39, 0.29) is 5.82 Å². The third-order valence-corrected chi connectivity index (χ3v) is 1.86. The van der Waals surface area contributed by atoms with Crippen LogP contribution in [0.3, 0.4) is 0 Å². The first-order valence-electron chi connectivity index (χ1n) is 4.07. The molecular weight excluding hydrogens is 183 g/mol. The van der Waals surface area contributed by atoms with Crippen LogP contribution in [0.2, 0.25) is 0 Å². The largest absolute Gasteiger partial charge is 0.385 e. The van der Waals surface area contributed by atoms with Crippen molar-refractivity contribution in [1.29, 1.82) is 0 Å². The molecule has 4 heteroatoms. The second-order valence-electron chi connectivity index (χ2n) is 2.60. The van der Waals surface area contributed by atoms with E-state index in [2.05, 4.69) is 17.2 Å². The normalized spacial score (nSPS) is 9.29. The number of nitrogens with one attached hydrogen (secondary N) is 2. The van der Waals surface area contributed by atoms with Gasteiger partial charge >= 0.3 is 0 Å². The van der Waals surface area contributed by atoms with Crippen LogP contribution in [-0.2, 0) is 4.79 Å². The van der Waals surface area contributed by atoms with Crippen LogP contribution in [0.15, 0.2) is 18.7 Å². The first-order chi connectivity index (χ1) is 6.74. The highest BCUT2D eigenvalue weighted by Gasteiger charge is 2.08. The predicted octanol–water partition coefficient (Wildman–Crippen LogP) is 2.08. The molecule has 0 unspecified atom stereocenters. The van der Waals surface area contributed by atoms with Crippen LogP contribution in [0.1, 0.15) is 5.56 Å². The zero-order valence-corrected chi connectivity index (χ0v) is 7.80. The van der Waals surface area contributed by atoms with Gasteiger partial charge in [0.15, 0.2) is 0 Å². The minimum Gasteiger partial charge on any atom is -0.385 e. The lowest BCUT2D eigenvalue weighted by Crippen LogP contribution is -2.02. The van der Waals surface area contributed by atoms with E-state index >= 15 is 0 Å². The average Bonchev–Trinajstić information content (AvgIpc) is 2.20. The fourth-order valence-corrected chi connectivity index (χ4v) is 1.25. The third-order valence-electron chi connectivity index (χ3n) is 1.86. The van der Waals surface area contributed by atoms with Crippen molar-refractivity contribution in [2.75, 3.05) is 17.7 Å². The highest BCUT2D eigenvalue weighted by Crippen LogP contribution is 2.27. The number of rotatable bonds is 4. The lowest BCUT2D eigenvalue weighted by atomic mass is 10.1. The van der Waals surface area contributed by atoms with E-state index < -0.39 is 0 Å². The lowest BCUT2D eigenvalue weighted by molar-refractivity contribution is -0.105. The Balaban J connectivity index is 3.31. The Kier molecular flexibility index (Phi) is 3.23. The molecule has 0 fully saturated rings. The molecule has 1 aromatic carbocycles. The monoisotopic (exact) mass is 194 g/mol. The van der Waals surface area contributed by atoms with Crippen molar-refractivity contribution < 1.29 is 9.18 Å². The topological polar surface area (TPSA) is 41.1 Å². The summed E-state index contributed by atoms with van der Waals surface area (Å²) in [6.07, 6.45) is 2.03. The van der Waals surface area contributed by atoms with E-state index in [1.165, 1.54) is 18.2 Å². The molecule has 3 nitrogen and oxygen atoms in total. The van der Waals surface area contributed by atoms with Crippen molar-refractivity contribution in [2.45, 2.75) is 0 Å². The predicted molar refractivity (Wildman–Crippen MR) is 55.7 cm³/mol. The molecular formula is C10H11FN2O. The minimum absolute atomic E-state index is 0.326. The fourth-order valence-electron chi connectivity index (χ4n) is 1.25. The van der Waals surface area contributed by atoms with Crippen molar-refractivity contribution in [3.8, 4) is 0 Å². The van der Waals surface area contributed by atoms with Gasteiger partial charge in [-0.1, -0.05) is 12.7 Å². The molecule has 74 valence electrons. The number of halogens is 1. The molecule has 0 heterocycles. The fraction of sp³-hybridized carbons (Fsp3) is 0.100. The molecule has 0 bridgehead atoms. The van der Waals surface area contributed by atoms with E-state index in [9.17, 15) is 9.18 Å². The van der Waals surface area contributed by atoms with Crippen LogP contribution in [-0.4, -0.2) is 13.5 Å². The number of anilines is 2. The quantitative estimate of drug-likeness (QED) is 0.720. The van der Waals surface area contributed by atoms with Gasteiger partial charge in [-0.15, -0.1) is 0 Å². The zero-order valence-electron chi connectivity index (χ0n) is 7.80. The maximum absolute atomic E-state index is 13.2. The third kappa shape index (κ3) is 1.74. The molecule has 0 saturated heterocycles. The molecule has 0 aliphatic carbocycles. The summed E-state index contributed by atoms with van der Waals surface area (Å²) in [6.45, 7) is 3.56. The van der Waals surface area contributed by atoms with Gasteiger partial charge in [-0.3, -0.25) is 4.79 Å². The summed E-state index contributed by atoms with van der Waals surface area (Å²) in [4.78, 5) is 10.3. The van der Waals surface area contributed by atoms with Crippen LogP contribution in [0.5, 0.6) is 0 Å². The van der Waals surface area contributed by atoms with E-state index in [4.69, 9.17) is 0 Å². The van der Waals surface area contributed by atoms with Crippen molar-refractivity contribution in [3.63, 3.8) is 0 Å². The Bertz CT molecular complexity index is 363. The Labute approximate surface area is 81.6 Å². The summed E-state index contributed by atoms with van der Waals surface area (Å²) >= 11 is 0. The van der Waals surface area contributed by atoms with Crippen LogP contribution in [0, 0.1) is 5.82 Å². The smallest absolute Gasteiger partial charge is 0.211 e. The number of carbonyl (C=O) groups is 1. The minimum atomic E-state index is -0.376. The van der Waals surface area contributed by atoms with Gasteiger partial charge in [0, 0.05) is 12.6 Å². The maximum atomic E-state index is 13.2. The SMILES string of the molecule is C=Cc1c(NC=O)ccc(F)c1NC. The molecule has 0 atom stereocenters. The number of hydrogen-bond donors (Lipinski definition) is 2. The summed E-state index contributed by atoms with van der Waals surface area (Å²) in [6, 6.07) is 2.77. The van der Waals surface area contributed by atoms with Gasteiger partial charge in [-0.2, -0.15) is 0 Å². The Morgan fingerprint density at radius 3 is 2.71 bits per heavy atom. The van der Waals surface area contributed by atoms with Gasteiger partial charge in [0.2, 0.25) is 6.41 Å². The molecule has 0 saturated carbocycles. The lowest BCUT2D eigenvalue weighted by Gasteiger charge is -2.11. The van der Waals surface area contributed by atoms with Crippen molar-refractivity contribution in [1.82, 2.24) is 0 Å². The van der Waals surface area contributed by atoms with Crippen molar-refractivity contribution in [3.05, 3.63) is 30.1 Å². The molecule has 1 aromatic rings. The first-order valence-corrected chi connectivity index (χ1v) is 4.07. The molecule has 14 heavy (non-hydrogen) atoms. The number of amides is 1. The van der Waals surface area contributed by atoms with Crippen molar-refractivity contribution in [2.24, 2.45) is 0 Å². The van der Waals surface area contributed by atoms with Crippen molar-refractivity contribution >= 4 is 23.9 Å². The molecule has 0 spiro atoms. The Morgan fingerprint density at radius 2 is 2.21 bits per heavy atom. The average molecular weight is 194 g/mol. The highest BCUT2D eigenvalue weighted by atomic mass is 19.1. The first kappa shape index (κ1) is 10.2. The second kappa shape index (κ2) is 4.41. The van der Waals surface area contributed by atoms with E-state index in [0.29, 0.717) is 23.3 Å². The highest BCUT2D eigenvalue weighted by molar-refractivity contribution is 5.84. The van der Waals surface area contributed by atoms with Gasteiger partial charge in [0.1, 0.15) is 5.82 Å². The van der Waals surface area contributed by atoms with Gasteiger partial charge in [0.05, 0.1) is 11.4 Å². The van der Waals surface area contributed by atoms with Crippen LogP contribution in [0.4, 0.5) is 15.8 Å². The van der Waals surface area contributed by atoms with E-state index in [1.807, 2.05) is 0 Å². The molecule has 0 aliphatic heterocycles. The summed E-state index contributed by atoms with van der Waals surface area (Å²) in [7, 11) is 1.61. The van der Waals surface area contributed by atoms with Gasteiger partial charge in [-0.25, -0.2) is 4.39 Å². The molecule has 0 aromatic heterocycles. The molecule has 0 aliphatic rings. The summed E-state index contributed by atoms with van der Waals surface area (Å²) in [5, 5.41) is 5.18. The van der Waals surface area contributed by atoms with Crippen LogP contribution >= 0.6 is 0 Å². The number of hydrogen-bond acceptors (Lipinski definition) is 2. The molecule has 1 rings (SSSR count). The molecule has 2 N–H and O–H groups in total. The zero-order chi connectivity index (χ0) is 10.6. The summed E-state index contributed by atoms with van der Waals surface area (Å²) in [5.74, 6) is -0.376. The summed E-state index contributed by atoms with van der Waals surface area (Å²) < 4.78 is 13.2. The molecule has 1 amide bonds. The second-order valence-corrected chi connectivity index (χ2v) is 2.60. The van der Waals surface area contributed by atoms with Gasteiger partial charge in [0.25, 0.3) is 0 Å². The van der Waals surface area contributed by atoms with E-state index in [1.54, 1.807) is 7.05 Å². The van der Waals surface area contributed by atoms with Crippen LogP contribution < -0.4 is 10.6 Å². The maximum Gasteiger partial charge on any atom is 0.211 e. The summed E-state index contributed by atoms with van der Waals surface area (Å²) in [5.41, 5.74) is 1.40. The standard InChI is InChI=1S/C10H11FN2O/c1-3-7-9(13-6-14)5-4-8(11)10(7)12-2/h3-6,12H,1H2,2H3,(H,13,14). The molecule has 0 radical (unpaired) electrons.